The van der Waals surface area contributed by atoms with Crippen LogP contribution >= 0.6 is 0 Å². The van der Waals surface area contributed by atoms with E-state index in [0.717, 1.165) is 73.6 Å². The summed E-state index contributed by atoms with van der Waals surface area (Å²) < 4.78 is 5.33. The number of amides is 1. The molecule has 1 fully saturated rings. The van der Waals surface area contributed by atoms with E-state index < -0.39 is 0 Å². The quantitative estimate of drug-likeness (QED) is 0.593. The van der Waals surface area contributed by atoms with E-state index in [0.29, 0.717) is 18.0 Å². The second-order valence-corrected chi connectivity index (χ2v) is 8.96. The van der Waals surface area contributed by atoms with E-state index in [9.17, 15) is 10.1 Å². The monoisotopic (exact) mass is 467 g/mol. The van der Waals surface area contributed by atoms with Gasteiger partial charge in [-0.3, -0.25) is 9.69 Å². The molecule has 0 radical (unpaired) electrons. The second kappa shape index (κ2) is 10.2. The zero-order valence-corrected chi connectivity index (χ0v) is 20.0. The number of hydrogen-bond donors (Lipinski definition) is 1. The van der Waals surface area contributed by atoms with Gasteiger partial charge in [0.25, 0.3) is 0 Å². The minimum atomic E-state index is -0.0670. The lowest BCUT2D eigenvalue weighted by Gasteiger charge is -2.36. The Morgan fingerprint density at radius 3 is 2.49 bits per heavy atom. The molecule has 2 aromatic carbocycles. The van der Waals surface area contributed by atoms with E-state index in [-0.39, 0.29) is 5.91 Å². The number of nitrogens with one attached hydrogen (secondary N) is 1. The largest absolute Gasteiger partial charge is 0.495 e. The van der Waals surface area contributed by atoms with Crippen LogP contribution in [-0.4, -0.2) is 55.6 Å². The van der Waals surface area contributed by atoms with Gasteiger partial charge in [-0.05, 0) is 42.5 Å². The molecule has 0 saturated carbocycles. The van der Waals surface area contributed by atoms with Gasteiger partial charge >= 0.3 is 0 Å². The Labute approximate surface area is 206 Å². The molecule has 2 aliphatic rings. The van der Waals surface area contributed by atoms with Crippen LogP contribution in [-0.2, 0) is 17.6 Å². The van der Waals surface area contributed by atoms with Crippen molar-refractivity contribution in [3.63, 3.8) is 0 Å². The van der Waals surface area contributed by atoms with Crippen LogP contribution in [0.4, 0.5) is 11.5 Å². The fourth-order valence-corrected chi connectivity index (χ4v) is 5.08. The van der Waals surface area contributed by atoms with Gasteiger partial charge in [0, 0.05) is 31.7 Å². The maximum atomic E-state index is 12.7. The van der Waals surface area contributed by atoms with Gasteiger partial charge in [0.05, 0.1) is 30.6 Å². The molecule has 1 N–H and O–H groups in total. The predicted octanol–water partition coefficient (Wildman–Crippen LogP) is 3.88. The van der Waals surface area contributed by atoms with E-state index in [1.165, 1.54) is 5.56 Å². The van der Waals surface area contributed by atoms with Crippen molar-refractivity contribution >= 4 is 17.4 Å². The Bertz CT molecular complexity index is 1260. The maximum Gasteiger partial charge on any atom is 0.238 e. The zero-order valence-electron chi connectivity index (χ0n) is 20.0. The number of benzene rings is 2. The first-order valence-corrected chi connectivity index (χ1v) is 12.1. The Kier molecular flexibility index (Phi) is 6.64. The molecule has 1 saturated heterocycles. The molecule has 7 nitrogen and oxygen atoms in total. The number of nitrogens with zero attached hydrogens (tertiary/aromatic N) is 4. The Hall–Kier alpha value is -3.89. The van der Waals surface area contributed by atoms with Crippen molar-refractivity contribution in [2.45, 2.75) is 19.3 Å². The van der Waals surface area contributed by atoms with Crippen LogP contribution in [0.2, 0.25) is 0 Å². The molecular formula is C28H29N5O2. The van der Waals surface area contributed by atoms with Crippen LogP contribution in [0.25, 0.3) is 11.3 Å². The molecule has 0 atom stereocenters. The molecule has 1 aromatic heterocycles. The summed E-state index contributed by atoms with van der Waals surface area (Å²) in [6, 6.07) is 20.1. The van der Waals surface area contributed by atoms with Crippen LogP contribution in [0.15, 0.2) is 54.6 Å². The number of carbonyl (C=O) groups is 1. The van der Waals surface area contributed by atoms with Gasteiger partial charge < -0.3 is 15.0 Å². The smallest absolute Gasteiger partial charge is 0.238 e. The summed E-state index contributed by atoms with van der Waals surface area (Å²) >= 11 is 0. The molecule has 0 bridgehead atoms. The van der Waals surface area contributed by atoms with E-state index in [4.69, 9.17) is 9.72 Å². The third kappa shape index (κ3) is 4.71. The van der Waals surface area contributed by atoms with Crippen molar-refractivity contribution in [2.24, 2.45) is 0 Å². The number of fused-ring (bicyclic) bond motifs is 1. The highest BCUT2D eigenvalue weighted by Gasteiger charge is 2.28. The Balaban J connectivity index is 1.30. The molecule has 35 heavy (non-hydrogen) atoms. The minimum absolute atomic E-state index is 0.0670. The van der Waals surface area contributed by atoms with E-state index in [2.05, 4.69) is 33.3 Å². The molecule has 5 rings (SSSR count). The SMILES string of the molecule is COc1ccccc1NC(=O)CN1CCN(c2nc(-c3ccccc3)c3c(c2C#N)CCC3)CC1. The first kappa shape index (κ1) is 22.9. The highest BCUT2D eigenvalue weighted by atomic mass is 16.5. The highest BCUT2D eigenvalue weighted by molar-refractivity contribution is 5.93. The molecule has 1 aliphatic heterocycles. The van der Waals surface area contributed by atoms with Gasteiger partial charge in [-0.25, -0.2) is 4.98 Å². The van der Waals surface area contributed by atoms with Gasteiger partial charge in [0.2, 0.25) is 5.91 Å². The van der Waals surface area contributed by atoms with E-state index >= 15 is 0 Å². The summed E-state index contributed by atoms with van der Waals surface area (Å²) in [5.74, 6) is 1.36. The highest BCUT2D eigenvalue weighted by Crippen LogP contribution is 2.37. The summed E-state index contributed by atoms with van der Waals surface area (Å²) in [6.45, 7) is 3.20. The average Bonchev–Trinajstić information content (AvgIpc) is 3.39. The number of methoxy groups -OCH3 is 1. The maximum absolute atomic E-state index is 12.7. The fourth-order valence-electron chi connectivity index (χ4n) is 5.08. The summed E-state index contributed by atoms with van der Waals surface area (Å²) in [5.41, 5.74) is 5.89. The molecule has 0 spiro atoms. The first-order chi connectivity index (χ1) is 17.2. The van der Waals surface area contributed by atoms with Gasteiger partial charge in [0.1, 0.15) is 17.6 Å². The summed E-state index contributed by atoms with van der Waals surface area (Å²) in [7, 11) is 1.59. The third-order valence-corrected chi connectivity index (χ3v) is 6.83. The predicted molar refractivity (Wildman–Crippen MR) is 137 cm³/mol. The molecular weight excluding hydrogens is 438 g/mol. The Morgan fingerprint density at radius 2 is 1.74 bits per heavy atom. The van der Waals surface area contributed by atoms with Gasteiger partial charge in [-0.2, -0.15) is 5.26 Å². The number of carbonyl (C=O) groups excluding carboxylic acids is 1. The number of para-hydroxylation sites is 2. The summed E-state index contributed by atoms with van der Waals surface area (Å²) in [4.78, 5) is 22.1. The minimum Gasteiger partial charge on any atom is -0.495 e. The average molecular weight is 468 g/mol. The van der Waals surface area contributed by atoms with Crippen LogP contribution in [0, 0.1) is 11.3 Å². The summed E-state index contributed by atoms with van der Waals surface area (Å²) in [6.07, 6.45) is 2.96. The number of piperazine rings is 1. The lowest BCUT2D eigenvalue weighted by Crippen LogP contribution is -2.49. The van der Waals surface area contributed by atoms with Crippen molar-refractivity contribution in [1.82, 2.24) is 9.88 Å². The number of rotatable bonds is 6. The number of nitriles is 1. The normalized spacial score (nSPS) is 15.4. The number of aromatic nitrogens is 1. The lowest BCUT2D eigenvalue weighted by molar-refractivity contribution is -0.117. The first-order valence-electron chi connectivity index (χ1n) is 12.1. The van der Waals surface area contributed by atoms with Crippen molar-refractivity contribution < 1.29 is 9.53 Å². The molecule has 0 unspecified atom stereocenters. The van der Waals surface area contributed by atoms with Crippen LogP contribution in [0.3, 0.4) is 0 Å². The van der Waals surface area contributed by atoms with E-state index in [1.54, 1.807) is 7.11 Å². The van der Waals surface area contributed by atoms with Crippen LogP contribution in [0.1, 0.15) is 23.1 Å². The molecule has 1 amide bonds. The molecule has 3 aromatic rings. The third-order valence-electron chi connectivity index (χ3n) is 6.83. The molecule has 2 heterocycles. The van der Waals surface area contributed by atoms with E-state index in [1.807, 2.05) is 42.5 Å². The zero-order chi connectivity index (χ0) is 24.2. The summed E-state index contributed by atoms with van der Waals surface area (Å²) in [5, 5.41) is 13.0. The topological polar surface area (TPSA) is 81.5 Å². The number of pyridine rings is 1. The van der Waals surface area contributed by atoms with Crippen molar-refractivity contribution in [3.05, 3.63) is 71.3 Å². The number of anilines is 2. The lowest BCUT2D eigenvalue weighted by atomic mass is 9.98. The number of ether oxygens (including phenoxy) is 1. The van der Waals surface area contributed by atoms with Crippen molar-refractivity contribution in [3.8, 4) is 23.1 Å². The Morgan fingerprint density at radius 1 is 1.03 bits per heavy atom. The molecule has 7 heteroatoms. The fraction of sp³-hybridized carbons (Fsp3) is 0.321. The standard InChI is InChI=1S/C28H29N5O2/c1-35-25-13-6-5-12-24(25)30-26(34)19-32-14-16-33(17-15-32)28-23(18-29)21-10-7-11-22(21)27(31-28)20-8-3-2-4-9-20/h2-6,8-9,12-13H,7,10-11,14-17,19H2,1H3,(H,30,34). The molecule has 1 aliphatic carbocycles. The van der Waals surface area contributed by atoms with Gasteiger partial charge in [0.15, 0.2) is 0 Å². The van der Waals surface area contributed by atoms with Gasteiger partial charge in [-0.1, -0.05) is 42.5 Å². The molecule has 178 valence electrons. The van der Waals surface area contributed by atoms with Crippen molar-refractivity contribution in [1.29, 1.82) is 5.26 Å². The number of hydrogen-bond acceptors (Lipinski definition) is 6. The van der Waals surface area contributed by atoms with Crippen molar-refractivity contribution in [2.75, 3.05) is 50.1 Å². The van der Waals surface area contributed by atoms with Crippen LogP contribution in [0.5, 0.6) is 5.75 Å². The van der Waals surface area contributed by atoms with Crippen LogP contribution < -0.4 is 15.0 Å². The second-order valence-electron chi connectivity index (χ2n) is 8.96. The van der Waals surface area contributed by atoms with Gasteiger partial charge in [-0.15, -0.1) is 0 Å².